The third kappa shape index (κ3) is 11.3. The van der Waals surface area contributed by atoms with E-state index in [1.54, 1.807) is 31.3 Å². The number of rotatable bonds is 3. The van der Waals surface area contributed by atoms with Gasteiger partial charge in [-0.25, -0.2) is 4.99 Å². The van der Waals surface area contributed by atoms with Gasteiger partial charge < -0.3 is 5.11 Å². The summed E-state index contributed by atoms with van der Waals surface area (Å²) in [5, 5.41) is 8.59. The molecular formula is C17H26N2O2. The summed E-state index contributed by atoms with van der Waals surface area (Å²) >= 11 is 0. The summed E-state index contributed by atoms with van der Waals surface area (Å²) in [7, 11) is 1.63. The van der Waals surface area contributed by atoms with Crippen LogP contribution in [0.4, 0.5) is 0 Å². The number of aliphatic imine (C=N–C) groups is 2. The predicted octanol–water partition coefficient (Wildman–Crippen LogP) is 4.00. The van der Waals surface area contributed by atoms with Crippen LogP contribution in [-0.4, -0.2) is 30.7 Å². The van der Waals surface area contributed by atoms with Crippen LogP contribution in [0.15, 0.2) is 46.4 Å². The summed E-state index contributed by atoms with van der Waals surface area (Å²) in [6.07, 6.45) is 0.0282. The molecule has 1 aromatic carbocycles. The lowest BCUT2D eigenvalue weighted by atomic mass is 10.1. The first-order chi connectivity index (χ1) is 9.90. The van der Waals surface area contributed by atoms with Gasteiger partial charge in [-0.3, -0.25) is 9.79 Å². The zero-order valence-corrected chi connectivity index (χ0v) is 13.7. The minimum absolute atomic E-state index is 0.0282. The first-order valence-electron chi connectivity index (χ1n) is 6.77. The highest BCUT2D eigenvalue weighted by Crippen LogP contribution is 2.07. The molecule has 0 aliphatic carbocycles. The Hall–Kier alpha value is -2.23. The van der Waals surface area contributed by atoms with Crippen molar-refractivity contribution in [3.05, 3.63) is 47.5 Å². The zero-order valence-electron chi connectivity index (χ0n) is 13.7. The van der Waals surface area contributed by atoms with Gasteiger partial charge in [0.1, 0.15) is 0 Å². The van der Waals surface area contributed by atoms with Gasteiger partial charge in [0.2, 0.25) is 0 Å². The lowest BCUT2D eigenvalue weighted by Gasteiger charge is -2.01. The SMILES string of the molecule is C=C(C)C.C=NC(=NC)c1ccc(CC(=O)O)cc1.CC. The predicted molar refractivity (Wildman–Crippen MR) is 91.6 cm³/mol. The van der Waals surface area contributed by atoms with Crippen molar-refractivity contribution in [1.82, 2.24) is 0 Å². The van der Waals surface area contributed by atoms with Crippen molar-refractivity contribution in [3.8, 4) is 0 Å². The van der Waals surface area contributed by atoms with E-state index in [0.717, 1.165) is 11.1 Å². The first kappa shape index (κ1) is 21.1. The van der Waals surface area contributed by atoms with Crippen molar-refractivity contribution in [1.29, 1.82) is 0 Å². The quantitative estimate of drug-likeness (QED) is 0.519. The van der Waals surface area contributed by atoms with E-state index >= 15 is 0 Å². The van der Waals surface area contributed by atoms with Crippen molar-refractivity contribution in [2.75, 3.05) is 7.05 Å². The van der Waals surface area contributed by atoms with Gasteiger partial charge >= 0.3 is 5.97 Å². The van der Waals surface area contributed by atoms with Crippen molar-refractivity contribution in [2.45, 2.75) is 34.1 Å². The standard InChI is InChI=1S/C11H12N2O2.C4H8.C2H6/c1-12-11(13-2)9-5-3-8(4-6-9)7-10(14)15;1-4(2)3;1-2/h3-6H,1,7H2,2H3,(H,14,15);1H2,2-3H3;1-2H3. The molecule has 0 radical (unpaired) electrons. The molecule has 0 aliphatic rings. The molecule has 1 rings (SSSR count). The monoisotopic (exact) mass is 290 g/mol. The zero-order chi connectivity index (χ0) is 16.8. The van der Waals surface area contributed by atoms with E-state index in [4.69, 9.17) is 5.11 Å². The number of carbonyl (C=O) groups is 1. The third-order valence-corrected chi connectivity index (χ3v) is 1.93. The molecule has 0 aliphatic heterocycles. The molecule has 0 amide bonds. The van der Waals surface area contributed by atoms with Crippen molar-refractivity contribution < 1.29 is 9.90 Å². The second-order valence-corrected chi connectivity index (χ2v) is 4.18. The van der Waals surface area contributed by atoms with Gasteiger partial charge in [-0.05, 0) is 26.1 Å². The van der Waals surface area contributed by atoms with E-state index in [1.165, 1.54) is 5.57 Å². The van der Waals surface area contributed by atoms with E-state index in [2.05, 4.69) is 23.3 Å². The van der Waals surface area contributed by atoms with Crippen LogP contribution in [0.2, 0.25) is 0 Å². The highest BCUT2D eigenvalue weighted by molar-refractivity contribution is 6.01. The fourth-order valence-electron chi connectivity index (χ4n) is 1.24. The molecule has 0 spiro atoms. The minimum Gasteiger partial charge on any atom is -0.481 e. The number of hydrogen-bond donors (Lipinski definition) is 1. The number of carboxylic acids is 1. The molecule has 0 heterocycles. The molecule has 21 heavy (non-hydrogen) atoms. The Kier molecular flexibility index (Phi) is 12.8. The Balaban J connectivity index is 0. The van der Waals surface area contributed by atoms with E-state index < -0.39 is 5.97 Å². The molecule has 0 saturated heterocycles. The Morgan fingerprint density at radius 1 is 1.19 bits per heavy atom. The molecular weight excluding hydrogens is 264 g/mol. The van der Waals surface area contributed by atoms with Gasteiger partial charge in [0, 0.05) is 12.6 Å². The van der Waals surface area contributed by atoms with E-state index in [0.29, 0.717) is 5.84 Å². The first-order valence-corrected chi connectivity index (χ1v) is 6.77. The largest absolute Gasteiger partial charge is 0.481 e. The average molecular weight is 290 g/mol. The van der Waals surface area contributed by atoms with Crippen molar-refractivity contribution in [2.24, 2.45) is 9.98 Å². The Bertz CT molecular complexity index is 470. The van der Waals surface area contributed by atoms with Gasteiger partial charge in [-0.15, -0.1) is 6.58 Å². The fourth-order valence-corrected chi connectivity index (χ4v) is 1.24. The van der Waals surface area contributed by atoms with Crippen LogP contribution in [0.3, 0.4) is 0 Å². The molecule has 0 saturated carbocycles. The lowest BCUT2D eigenvalue weighted by Crippen LogP contribution is -2.01. The summed E-state index contributed by atoms with van der Waals surface area (Å²) in [6, 6.07) is 7.07. The van der Waals surface area contributed by atoms with Crippen LogP contribution in [0.5, 0.6) is 0 Å². The van der Waals surface area contributed by atoms with Crippen LogP contribution in [0.25, 0.3) is 0 Å². The number of carboxylic acid groups (broad SMARTS) is 1. The Morgan fingerprint density at radius 2 is 1.62 bits per heavy atom. The summed E-state index contributed by atoms with van der Waals surface area (Å²) in [5.74, 6) is -0.286. The van der Waals surface area contributed by atoms with Crippen LogP contribution in [-0.2, 0) is 11.2 Å². The summed E-state index contributed by atoms with van der Waals surface area (Å²) in [5.41, 5.74) is 2.76. The lowest BCUT2D eigenvalue weighted by molar-refractivity contribution is -0.136. The highest BCUT2D eigenvalue weighted by Gasteiger charge is 2.02. The second-order valence-electron chi connectivity index (χ2n) is 4.18. The fraction of sp³-hybridized carbons (Fsp3) is 0.353. The van der Waals surface area contributed by atoms with E-state index in [9.17, 15) is 4.79 Å². The molecule has 4 heteroatoms. The van der Waals surface area contributed by atoms with Gasteiger partial charge in [-0.1, -0.05) is 43.7 Å². The highest BCUT2D eigenvalue weighted by atomic mass is 16.4. The smallest absolute Gasteiger partial charge is 0.307 e. The molecule has 0 fully saturated rings. The third-order valence-electron chi connectivity index (χ3n) is 1.93. The maximum Gasteiger partial charge on any atom is 0.307 e. The molecule has 116 valence electrons. The molecule has 1 aromatic rings. The van der Waals surface area contributed by atoms with Crippen LogP contribution in [0.1, 0.15) is 38.8 Å². The normalized spacial score (nSPS) is 9.48. The maximum atomic E-state index is 10.4. The summed E-state index contributed by atoms with van der Waals surface area (Å²) < 4.78 is 0. The van der Waals surface area contributed by atoms with Crippen LogP contribution < -0.4 is 0 Å². The molecule has 4 nitrogen and oxygen atoms in total. The minimum atomic E-state index is -0.839. The number of benzene rings is 1. The Labute approximate surface area is 128 Å². The van der Waals surface area contributed by atoms with Gasteiger partial charge in [0.15, 0.2) is 5.84 Å². The molecule has 0 bridgehead atoms. The number of hydrogen-bond acceptors (Lipinski definition) is 2. The summed E-state index contributed by atoms with van der Waals surface area (Å²) in [6.45, 7) is 14.9. The molecule has 0 unspecified atom stereocenters. The van der Waals surface area contributed by atoms with Crippen LogP contribution >= 0.6 is 0 Å². The van der Waals surface area contributed by atoms with Gasteiger partial charge in [-0.2, -0.15) is 0 Å². The molecule has 1 N–H and O–H groups in total. The summed E-state index contributed by atoms with van der Waals surface area (Å²) in [4.78, 5) is 18.1. The van der Waals surface area contributed by atoms with Gasteiger partial charge in [0.05, 0.1) is 6.42 Å². The maximum absolute atomic E-state index is 10.4. The topological polar surface area (TPSA) is 62.0 Å². The number of nitrogens with zero attached hydrogens (tertiary/aromatic N) is 2. The number of allylic oxidation sites excluding steroid dienone is 1. The van der Waals surface area contributed by atoms with Crippen LogP contribution in [0, 0.1) is 0 Å². The molecule has 0 aromatic heterocycles. The number of amidine groups is 1. The van der Waals surface area contributed by atoms with Crippen molar-refractivity contribution in [3.63, 3.8) is 0 Å². The molecule has 0 atom stereocenters. The number of aliphatic carboxylic acids is 1. The van der Waals surface area contributed by atoms with E-state index in [-0.39, 0.29) is 6.42 Å². The average Bonchev–Trinajstić information content (AvgIpc) is 2.43. The van der Waals surface area contributed by atoms with Crippen molar-refractivity contribution >= 4 is 18.5 Å². The van der Waals surface area contributed by atoms with E-state index in [1.807, 2.05) is 27.7 Å². The van der Waals surface area contributed by atoms with Gasteiger partial charge in [0.25, 0.3) is 0 Å². The Morgan fingerprint density at radius 3 is 1.90 bits per heavy atom. The second kappa shape index (κ2) is 12.8.